The molecule has 1 aliphatic rings. The second-order valence-corrected chi connectivity index (χ2v) is 7.81. The van der Waals surface area contributed by atoms with Crippen molar-refractivity contribution >= 4 is 28.8 Å². The number of ether oxygens (including phenoxy) is 1. The lowest BCUT2D eigenvalue weighted by molar-refractivity contribution is 0.0762. The lowest BCUT2D eigenvalue weighted by Crippen LogP contribution is -2.33. The number of hydrogen-bond acceptors (Lipinski definition) is 5. The molecule has 0 aliphatic carbocycles. The summed E-state index contributed by atoms with van der Waals surface area (Å²) in [6, 6.07) is 16.5. The zero-order valence-corrected chi connectivity index (χ0v) is 16.9. The lowest BCUT2D eigenvalue weighted by atomic mass is 10.2. The molecule has 1 aromatic heterocycles. The molecule has 1 N–H and O–H groups in total. The van der Waals surface area contributed by atoms with Crippen molar-refractivity contribution in [3.05, 3.63) is 75.7 Å². The molecular weight excluding hydrogens is 386 g/mol. The molecule has 0 fully saturated rings. The normalized spacial score (nSPS) is 13.3. The SMILES string of the molecule is COc1ccc(C(=O)N2CCc3nc(C(=O)Nc4ccccc4)sc3CC2)cc1. The van der Waals surface area contributed by atoms with Crippen molar-refractivity contribution in [2.24, 2.45) is 0 Å². The first-order valence-electron chi connectivity index (χ1n) is 9.42. The van der Waals surface area contributed by atoms with Crippen LogP contribution in [0.25, 0.3) is 0 Å². The van der Waals surface area contributed by atoms with E-state index in [0.717, 1.165) is 22.0 Å². The summed E-state index contributed by atoms with van der Waals surface area (Å²) >= 11 is 1.41. The lowest BCUT2D eigenvalue weighted by Gasteiger charge is -2.20. The number of nitrogens with zero attached hydrogens (tertiary/aromatic N) is 2. The molecule has 0 spiro atoms. The monoisotopic (exact) mass is 407 g/mol. The quantitative estimate of drug-likeness (QED) is 0.717. The van der Waals surface area contributed by atoms with Crippen LogP contribution in [-0.2, 0) is 12.8 Å². The molecule has 0 saturated heterocycles. The van der Waals surface area contributed by atoms with Crippen molar-refractivity contribution in [1.82, 2.24) is 9.88 Å². The first-order chi connectivity index (χ1) is 14.1. The van der Waals surface area contributed by atoms with E-state index in [1.165, 1.54) is 11.3 Å². The number of carbonyl (C=O) groups excluding carboxylic acids is 2. The Morgan fingerprint density at radius 1 is 1.03 bits per heavy atom. The zero-order chi connectivity index (χ0) is 20.2. The molecule has 2 amide bonds. The summed E-state index contributed by atoms with van der Waals surface area (Å²) in [5.74, 6) is 0.537. The van der Waals surface area contributed by atoms with Crippen LogP contribution >= 0.6 is 11.3 Å². The summed E-state index contributed by atoms with van der Waals surface area (Å²) in [4.78, 5) is 32.8. The van der Waals surface area contributed by atoms with Gasteiger partial charge in [0.1, 0.15) is 5.75 Å². The second-order valence-electron chi connectivity index (χ2n) is 6.73. The Morgan fingerprint density at radius 2 is 1.76 bits per heavy atom. The summed E-state index contributed by atoms with van der Waals surface area (Å²) in [5, 5.41) is 3.34. The molecule has 0 saturated carbocycles. The number of rotatable bonds is 4. The number of carbonyl (C=O) groups is 2. The van der Waals surface area contributed by atoms with Gasteiger partial charge in [-0.25, -0.2) is 4.98 Å². The molecule has 0 radical (unpaired) electrons. The Kier molecular flexibility index (Phi) is 5.57. The van der Waals surface area contributed by atoms with Gasteiger partial charge in [0.15, 0.2) is 5.01 Å². The number of fused-ring (bicyclic) bond motifs is 1. The molecule has 2 heterocycles. The largest absolute Gasteiger partial charge is 0.497 e. The van der Waals surface area contributed by atoms with Gasteiger partial charge in [-0.2, -0.15) is 0 Å². The average molecular weight is 407 g/mol. The Labute approximate surface area is 173 Å². The van der Waals surface area contributed by atoms with Crippen LogP contribution in [-0.4, -0.2) is 41.9 Å². The van der Waals surface area contributed by atoms with Crippen LogP contribution in [0.1, 0.15) is 30.7 Å². The summed E-state index contributed by atoms with van der Waals surface area (Å²) in [5.41, 5.74) is 2.31. The van der Waals surface area contributed by atoms with Crippen molar-refractivity contribution in [3.63, 3.8) is 0 Å². The van der Waals surface area contributed by atoms with Gasteiger partial charge in [0, 0.05) is 42.1 Å². The third kappa shape index (κ3) is 4.30. The fourth-order valence-electron chi connectivity index (χ4n) is 3.29. The molecule has 29 heavy (non-hydrogen) atoms. The number of amides is 2. The molecule has 0 bridgehead atoms. The Bertz CT molecular complexity index is 990. The second kappa shape index (κ2) is 8.45. The van der Waals surface area contributed by atoms with Gasteiger partial charge in [0.2, 0.25) is 0 Å². The van der Waals surface area contributed by atoms with E-state index in [9.17, 15) is 9.59 Å². The number of benzene rings is 2. The fourth-order valence-corrected chi connectivity index (χ4v) is 4.28. The molecule has 1 aliphatic heterocycles. The number of hydrogen-bond donors (Lipinski definition) is 1. The van der Waals surface area contributed by atoms with Crippen LogP contribution in [0, 0.1) is 0 Å². The predicted octanol–water partition coefficient (Wildman–Crippen LogP) is 3.65. The molecular formula is C22H21N3O3S. The minimum atomic E-state index is -0.194. The maximum absolute atomic E-state index is 12.8. The van der Waals surface area contributed by atoms with Gasteiger partial charge in [-0.15, -0.1) is 11.3 Å². The molecule has 148 valence electrons. The Hall–Kier alpha value is -3.19. The Balaban J connectivity index is 1.42. The molecule has 4 rings (SSSR count). The highest BCUT2D eigenvalue weighted by Gasteiger charge is 2.24. The highest BCUT2D eigenvalue weighted by atomic mass is 32.1. The summed E-state index contributed by atoms with van der Waals surface area (Å²) in [7, 11) is 1.60. The highest BCUT2D eigenvalue weighted by Crippen LogP contribution is 2.25. The van der Waals surface area contributed by atoms with E-state index in [2.05, 4.69) is 10.3 Å². The summed E-state index contributed by atoms with van der Waals surface area (Å²) in [6.45, 7) is 1.20. The van der Waals surface area contributed by atoms with Gasteiger partial charge >= 0.3 is 0 Å². The van der Waals surface area contributed by atoms with Crippen LogP contribution in [0.15, 0.2) is 54.6 Å². The third-order valence-electron chi connectivity index (χ3n) is 4.86. The number of thiazole rings is 1. The molecule has 6 nitrogen and oxygen atoms in total. The van der Waals surface area contributed by atoms with Gasteiger partial charge in [-0.1, -0.05) is 18.2 Å². The molecule has 0 unspecified atom stereocenters. The fraction of sp³-hybridized carbons (Fsp3) is 0.227. The molecule has 7 heteroatoms. The van der Waals surface area contributed by atoms with Crippen molar-refractivity contribution < 1.29 is 14.3 Å². The van der Waals surface area contributed by atoms with Gasteiger partial charge in [0.25, 0.3) is 11.8 Å². The van der Waals surface area contributed by atoms with Crippen LogP contribution in [0.4, 0.5) is 5.69 Å². The van der Waals surface area contributed by atoms with Crippen molar-refractivity contribution in [2.45, 2.75) is 12.8 Å². The maximum Gasteiger partial charge on any atom is 0.284 e. The van der Waals surface area contributed by atoms with E-state index < -0.39 is 0 Å². The number of aromatic nitrogens is 1. The standard InChI is InChI=1S/C22H21N3O3S/c1-28-17-9-7-15(8-10-17)22(27)25-13-11-18-19(12-14-25)29-21(24-18)20(26)23-16-5-3-2-4-6-16/h2-10H,11-14H2,1H3,(H,23,26). The van der Waals surface area contributed by atoms with Crippen molar-refractivity contribution in [1.29, 1.82) is 0 Å². The molecule has 0 atom stereocenters. The van der Waals surface area contributed by atoms with E-state index in [4.69, 9.17) is 4.74 Å². The first-order valence-corrected chi connectivity index (χ1v) is 10.2. The number of para-hydroxylation sites is 1. The Morgan fingerprint density at radius 3 is 2.48 bits per heavy atom. The topological polar surface area (TPSA) is 71.5 Å². The maximum atomic E-state index is 12.8. The smallest absolute Gasteiger partial charge is 0.284 e. The van der Waals surface area contributed by atoms with Crippen molar-refractivity contribution in [3.8, 4) is 5.75 Å². The van der Waals surface area contributed by atoms with Gasteiger partial charge in [0.05, 0.1) is 12.8 Å². The number of nitrogens with one attached hydrogen (secondary N) is 1. The van der Waals surface area contributed by atoms with E-state index >= 15 is 0 Å². The van der Waals surface area contributed by atoms with Crippen LogP contribution < -0.4 is 10.1 Å². The van der Waals surface area contributed by atoms with Crippen LogP contribution in [0.3, 0.4) is 0 Å². The highest BCUT2D eigenvalue weighted by molar-refractivity contribution is 7.13. The van der Waals surface area contributed by atoms with Crippen molar-refractivity contribution in [2.75, 3.05) is 25.5 Å². The van der Waals surface area contributed by atoms with Gasteiger partial charge in [-0.05, 0) is 36.4 Å². The van der Waals surface area contributed by atoms with Crippen LogP contribution in [0.5, 0.6) is 5.75 Å². The molecule has 3 aromatic rings. The average Bonchev–Trinajstić information content (AvgIpc) is 3.07. The summed E-state index contributed by atoms with van der Waals surface area (Å²) < 4.78 is 5.15. The third-order valence-corrected chi connectivity index (χ3v) is 6.01. The first kappa shape index (κ1) is 19.1. The summed E-state index contributed by atoms with van der Waals surface area (Å²) in [6.07, 6.45) is 1.35. The van der Waals surface area contributed by atoms with E-state index in [1.54, 1.807) is 31.4 Å². The zero-order valence-electron chi connectivity index (χ0n) is 16.1. The van der Waals surface area contributed by atoms with Gasteiger partial charge < -0.3 is 15.0 Å². The van der Waals surface area contributed by atoms with E-state index in [0.29, 0.717) is 36.5 Å². The van der Waals surface area contributed by atoms with E-state index in [-0.39, 0.29) is 11.8 Å². The predicted molar refractivity (Wildman–Crippen MR) is 113 cm³/mol. The van der Waals surface area contributed by atoms with Gasteiger partial charge in [-0.3, -0.25) is 9.59 Å². The van der Waals surface area contributed by atoms with Crippen LogP contribution in [0.2, 0.25) is 0 Å². The number of methoxy groups -OCH3 is 1. The minimum absolute atomic E-state index is 0.00449. The molecule has 2 aromatic carbocycles. The number of anilines is 1. The van der Waals surface area contributed by atoms with E-state index in [1.807, 2.05) is 35.2 Å². The minimum Gasteiger partial charge on any atom is -0.497 e.